The Labute approximate surface area is 182 Å². The van der Waals surface area contributed by atoms with Crippen LogP contribution in [0.1, 0.15) is 55.8 Å². The predicted molar refractivity (Wildman–Crippen MR) is 114 cm³/mol. The first-order valence-corrected chi connectivity index (χ1v) is 11.1. The van der Waals surface area contributed by atoms with Gasteiger partial charge in [-0.15, -0.1) is 0 Å². The van der Waals surface area contributed by atoms with E-state index in [9.17, 15) is 4.79 Å². The monoisotopic (exact) mass is 476 g/mol. The molecule has 1 aliphatic carbocycles. The minimum atomic E-state index is -0.437. The maximum absolute atomic E-state index is 11.9. The largest absolute Gasteiger partial charge is 0.479 e. The van der Waals surface area contributed by atoms with E-state index in [1.54, 1.807) is 20.2 Å². The van der Waals surface area contributed by atoms with Crippen LogP contribution in [0.3, 0.4) is 0 Å². The number of methoxy groups -OCH3 is 1. The summed E-state index contributed by atoms with van der Waals surface area (Å²) in [6.07, 6.45) is 10.6. The summed E-state index contributed by atoms with van der Waals surface area (Å²) >= 11 is 3.52. The fraction of sp³-hybridized carbons (Fsp3) is 0.550. The van der Waals surface area contributed by atoms with Gasteiger partial charge >= 0.3 is 5.97 Å². The van der Waals surface area contributed by atoms with Crippen LogP contribution in [0, 0.1) is 5.92 Å². The van der Waals surface area contributed by atoms with Crippen LogP contribution in [0.4, 0.5) is 0 Å². The zero-order valence-electron chi connectivity index (χ0n) is 17.2. The standard InChI is InChI=1S/C20H25BrN6O3/c1-3-30-19(28)14-11-22-27(12-14)20-23-15-16(18(24-20)29-2)26(25-17(15)21)10-9-13-7-5-4-6-8-13/h11-13H,3-10H2,1-2H3. The molecule has 0 aromatic carbocycles. The first kappa shape index (κ1) is 20.8. The molecule has 0 N–H and O–H groups in total. The second-order valence-corrected chi connectivity index (χ2v) is 8.18. The van der Waals surface area contributed by atoms with Crippen molar-refractivity contribution in [2.75, 3.05) is 13.7 Å². The van der Waals surface area contributed by atoms with E-state index < -0.39 is 5.97 Å². The Hall–Kier alpha value is -2.49. The van der Waals surface area contributed by atoms with Gasteiger partial charge < -0.3 is 9.47 Å². The van der Waals surface area contributed by atoms with Gasteiger partial charge in [0.15, 0.2) is 10.1 Å². The number of rotatable bonds is 7. The highest BCUT2D eigenvalue weighted by molar-refractivity contribution is 9.10. The molecule has 0 saturated heterocycles. The quantitative estimate of drug-likeness (QED) is 0.476. The Morgan fingerprint density at radius 2 is 2.07 bits per heavy atom. The van der Waals surface area contributed by atoms with E-state index in [-0.39, 0.29) is 0 Å². The fourth-order valence-corrected chi connectivity index (χ4v) is 4.41. The summed E-state index contributed by atoms with van der Waals surface area (Å²) in [6.45, 7) is 2.85. The minimum absolute atomic E-state index is 0.294. The molecule has 10 heteroatoms. The molecule has 3 aromatic rings. The zero-order valence-corrected chi connectivity index (χ0v) is 18.8. The number of esters is 1. The number of ether oxygens (including phenoxy) is 2. The van der Waals surface area contributed by atoms with Crippen LogP contribution in [-0.4, -0.2) is 49.2 Å². The lowest BCUT2D eigenvalue weighted by atomic mass is 9.87. The van der Waals surface area contributed by atoms with Gasteiger partial charge in [-0.25, -0.2) is 14.5 Å². The normalized spacial score (nSPS) is 14.9. The van der Waals surface area contributed by atoms with Crippen LogP contribution >= 0.6 is 15.9 Å². The van der Waals surface area contributed by atoms with Gasteiger partial charge in [-0.2, -0.15) is 15.2 Å². The predicted octanol–water partition coefficient (Wildman–Crippen LogP) is 3.93. The van der Waals surface area contributed by atoms with Crippen molar-refractivity contribution in [3.05, 3.63) is 22.6 Å². The number of hydrogen-bond acceptors (Lipinski definition) is 7. The van der Waals surface area contributed by atoms with Gasteiger partial charge in [-0.05, 0) is 35.2 Å². The summed E-state index contributed by atoms with van der Waals surface area (Å²) < 4.78 is 14.6. The Bertz CT molecular complexity index is 1040. The fourth-order valence-electron chi connectivity index (χ4n) is 3.94. The van der Waals surface area contributed by atoms with Crippen LogP contribution < -0.4 is 4.74 Å². The number of aryl methyl sites for hydroxylation is 1. The molecular weight excluding hydrogens is 452 g/mol. The molecule has 3 aromatic heterocycles. The molecule has 0 aliphatic heterocycles. The summed E-state index contributed by atoms with van der Waals surface area (Å²) in [5, 5.41) is 8.82. The number of nitrogens with zero attached hydrogens (tertiary/aromatic N) is 6. The van der Waals surface area contributed by atoms with E-state index in [2.05, 4.69) is 36.1 Å². The highest BCUT2D eigenvalue weighted by atomic mass is 79.9. The first-order chi connectivity index (χ1) is 14.6. The number of halogens is 1. The molecular formula is C20H25BrN6O3. The molecule has 0 atom stereocenters. The van der Waals surface area contributed by atoms with E-state index in [0.717, 1.165) is 24.4 Å². The van der Waals surface area contributed by atoms with Gasteiger partial charge in [0.1, 0.15) is 5.52 Å². The number of fused-ring (bicyclic) bond motifs is 1. The molecule has 9 nitrogen and oxygen atoms in total. The first-order valence-electron chi connectivity index (χ1n) is 10.3. The number of aromatic nitrogens is 6. The highest BCUT2D eigenvalue weighted by Crippen LogP contribution is 2.31. The second-order valence-electron chi connectivity index (χ2n) is 7.43. The Balaban J connectivity index is 1.64. The van der Waals surface area contributed by atoms with Crippen LogP contribution in [0.25, 0.3) is 17.0 Å². The molecule has 3 heterocycles. The summed E-state index contributed by atoms with van der Waals surface area (Å²) in [5.74, 6) is 1.02. The Morgan fingerprint density at radius 1 is 1.27 bits per heavy atom. The average Bonchev–Trinajstić information content (AvgIpc) is 3.38. The summed E-state index contributed by atoms with van der Waals surface area (Å²) in [7, 11) is 1.57. The van der Waals surface area contributed by atoms with E-state index >= 15 is 0 Å². The molecule has 4 rings (SSSR count). The van der Waals surface area contributed by atoms with E-state index in [1.807, 2.05) is 4.68 Å². The summed E-state index contributed by atoms with van der Waals surface area (Å²) in [4.78, 5) is 21.0. The van der Waals surface area contributed by atoms with Crippen molar-refractivity contribution in [3.8, 4) is 11.8 Å². The van der Waals surface area contributed by atoms with Gasteiger partial charge in [0, 0.05) is 12.7 Å². The van der Waals surface area contributed by atoms with Crippen molar-refractivity contribution in [1.29, 1.82) is 0 Å². The number of carbonyl (C=O) groups is 1. The van der Waals surface area contributed by atoms with Crippen LogP contribution in [-0.2, 0) is 11.3 Å². The van der Waals surface area contributed by atoms with E-state index in [0.29, 0.717) is 34.1 Å². The zero-order chi connectivity index (χ0) is 21.1. The lowest BCUT2D eigenvalue weighted by Gasteiger charge is -2.21. The van der Waals surface area contributed by atoms with Gasteiger partial charge in [-0.3, -0.25) is 4.68 Å². The molecule has 30 heavy (non-hydrogen) atoms. The van der Waals surface area contributed by atoms with Gasteiger partial charge in [0.05, 0.1) is 25.5 Å². The maximum Gasteiger partial charge on any atom is 0.341 e. The van der Waals surface area contributed by atoms with Crippen molar-refractivity contribution in [2.45, 2.75) is 52.0 Å². The maximum atomic E-state index is 11.9. The third-order valence-corrected chi connectivity index (χ3v) is 6.00. The SMILES string of the molecule is CCOC(=O)c1cnn(-c2nc(OC)c3c(n2)c(Br)nn3CCC2CCCCC2)c1. The van der Waals surface area contributed by atoms with Crippen molar-refractivity contribution in [3.63, 3.8) is 0 Å². The van der Waals surface area contributed by atoms with Crippen molar-refractivity contribution < 1.29 is 14.3 Å². The molecule has 1 aliphatic rings. The van der Waals surface area contributed by atoms with E-state index in [1.165, 1.54) is 43.0 Å². The second kappa shape index (κ2) is 9.11. The molecule has 0 bridgehead atoms. The molecule has 1 saturated carbocycles. The lowest BCUT2D eigenvalue weighted by molar-refractivity contribution is 0.0526. The molecule has 1 fully saturated rings. The number of hydrogen-bond donors (Lipinski definition) is 0. The summed E-state index contributed by atoms with van der Waals surface area (Å²) in [5.41, 5.74) is 1.73. The lowest BCUT2D eigenvalue weighted by Crippen LogP contribution is -2.11. The third kappa shape index (κ3) is 4.19. The van der Waals surface area contributed by atoms with Crippen molar-refractivity contribution >= 4 is 32.9 Å². The average molecular weight is 477 g/mol. The van der Waals surface area contributed by atoms with Crippen molar-refractivity contribution in [1.82, 2.24) is 29.5 Å². The van der Waals surface area contributed by atoms with Crippen LogP contribution in [0.5, 0.6) is 5.88 Å². The summed E-state index contributed by atoms with van der Waals surface area (Å²) in [6, 6.07) is 0. The smallest absolute Gasteiger partial charge is 0.341 e. The highest BCUT2D eigenvalue weighted by Gasteiger charge is 2.21. The molecule has 160 valence electrons. The third-order valence-electron chi connectivity index (χ3n) is 5.47. The molecule has 0 spiro atoms. The van der Waals surface area contributed by atoms with Gasteiger partial charge in [-0.1, -0.05) is 32.1 Å². The van der Waals surface area contributed by atoms with Crippen molar-refractivity contribution in [2.24, 2.45) is 5.92 Å². The number of carbonyl (C=O) groups excluding carboxylic acids is 1. The Morgan fingerprint density at radius 3 is 2.80 bits per heavy atom. The van der Waals surface area contributed by atoms with Gasteiger partial charge in [0.2, 0.25) is 5.88 Å². The van der Waals surface area contributed by atoms with Crippen LogP contribution in [0.2, 0.25) is 0 Å². The molecule has 0 unspecified atom stereocenters. The molecule has 0 radical (unpaired) electrons. The van der Waals surface area contributed by atoms with Gasteiger partial charge in [0.25, 0.3) is 5.95 Å². The molecule has 0 amide bonds. The topological polar surface area (TPSA) is 96.9 Å². The Kier molecular flexibility index (Phi) is 6.31. The minimum Gasteiger partial charge on any atom is -0.479 e. The van der Waals surface area contributed by atoms with E-state index in [4.69, 9.17) is 9.47 Å². The van der Waals surface area contributed by atoms with Crippen LogP contribution in [0.15, 0.2) is 17.0 Å².